The molecule has 9 heteroatoms. The zero-order valence-electron chi connectivity index (χ0n) is 9.88. The topological polar surface area (TPSA) is 104 Å². The van der Waals surface area contributed by atoms with E-state index in [0.29, 0.717) is 0 Å². The maximum absolute atomic E-state index is 13.8. The minimum absolute atomic E-state index is 0.0768. The van der Waals surface area contributed by atoms with Crippen LogP contribution in [0.25, 0.3) is 0 Å². The molecule has 0 bridgehead atoms. The highest BCUT2D eigenvalue weighted by Crippen LogP contribution is 2.27. The highest BCUT2D eigenvalue weighted by molar-refractivity contribution is 9.10. The second-order valence-electron chi connectivity index (χ2n) is 3.66. The lowest BCUT2D eigenvalue weighted by Gasteiger charge is -2.20. The van der Waals surface area contributed by atoms with Crippen molar-refractivity contribution < 1.29 is 23.0 Å². The summed E-state index contributed by atoms with van der Waals surface area (Å²) >= 11 is 2.99. The van der Waals surface area contributed by atoms with Gasteiger partial charge in [-0.25, -0.2) is 12.8 Å². The summed E-state index contributed by atoms with van der Waals surface area (Å²) in [6.07, 6.45) is 0. The van der Waals surface area contributed by atoms with Gasteiger partial charge in [0, 0.05) is 23.2 Å². The molecule has 0 unspecified atom stereocenters. The van der Waals surface area contributed by atoms with E-state index in [2.05, 4.69) is 15.9 Å². The number of hydrogen-bond acceptors (Lipinski definition) is 5. The summed E-state index contributed by atoms with van der Waals surface area (Å²) < 4.78 is 39.2. The Bertz CT molecular complexity index is 547. The minimum atomic E-state index is -4.16. The van der Waals surface area contributed by atoms with Crippen LogP contribution < -0.4 is 5.73 Å². The summed E-state index contributed by atoms with van der Waals surface area (Å²) in [7, 11) is -4.16. The number of hydrogen-bond donors (Lipinski definition) is 3. The average molecular weight is 357 g/mol. The van der Waals surface area contributed by atoms with Crippen molar-refractivity contribution >= 4 is 31.6 Å². The predicted molar refractivity (Wildman–Crippen MR) is 71.4 cm³/mol. The molecular formula is C10H14BrFN2O4S. The van der Waals surface area contributed by atoms with Crippen LogP contribution in [0.3, 0.4) is 0 Å². The Hall–Kier alpha value is -0.740. The van der Waals surface area contributed by atoms with Crippen molar-refractivity contribution in [2.75, 3.05) is 32.0 Å². The molecule has 0 spiro atoms. The maximum atomic E-state index is 13.8. The molecule has 0 aliphatic carbocycles. The lowest BCUT2D eigenvalue weighted by atomic mass is 10.3. The van der Waals surface area contributed by atoms with Gasteiger partial charge in [-0.1, -0.05) is 0 Å². The largest absolute Gasteiger partial charge is 0.398 e. The van der Waals surface area contributed by atoms with Gasteiger partial charge in [0.1, 0.15) is 10.7 Å². The lowest BCUT2D eigenvalue weighted by molar-refractivity contribution is 0.217. The fourth-order valence-electron chi connectivity index (χ4n) is 1.46. The smallest absolute Gasteiger partial charge is 0.246 e. The summed E-state index contributed by atoms with van der Waals surface area (Å²) in [6, 6.07) is 1.95. The number of aliphatic hydroxyl groups is 2. The SMILES string of the molecule is Nc1cc(S(=O)(=O)N(CCO)CCO)c(F)cc1Br. The van der Waals surface area contributed by atoms with Crippen molar-refractivity contribution in [3.05, 3.63) is 22.4 Å². The Morgan fingerprint density at radius 3 is 2.26 bits per heavy atom. The molecule has 4 N–H and O–H groups in total. The van der Waals surface area contributed by atoms with Crippen molar-refractivity contribution in [1.29, 1.82) is 0 Å². The first-order chi connectivity index (χ1) is 8.84. The van der Waals surface area contributed by atoms with E-state index in [9.17, 15) is 12.8 Å². The summed E-state index contributed by atoms with van der Waals surface area (Å²) in [4.78, 5) is -0.588. The first-order valence-electron chi connectivity index (χ1n) is 5.31. The van der Waals surface area contributed by atoms with Gasteiger partial charge >= 0.3 is 0 Å². The van der Waals surface area contributed by atoms with Crippen molar-refractivity contribution in [3.63, 3.8) is 0 Å². The van der Waals surface area contributed by atoms with Crippen molar-refractivity contribution in [1.82, 2.24) is 4.31 Å². The lowest BCUT2D eigenvalue weighted by Crippen LogP contribution is -2.36. The zero-order valence-corrected chi connectivity index (χ0v) is 12.3. The molecule has 108 valence electrons. The molecule has 0 saturated heterocycles. The standard InChI is InChI=1S/C10H14BrFN2O4S/c11-7-5-8(12)10(6-9(7)13)19(17,18)14(1-3-15)2-4-16/h5-6,15-16H,1-4,13H2. The van der Waals surface area contributed by atoms with Crippen molar-refractivity contribution in [3.8, 4) is 0 Å². The number of anilines is 1. The third-order valence-electron chi connectivity index (χ3n) is 2.37. The molecule has 0 heterocycles. The van der Waals surface area contributed by atoms with E-state index in [4.69, 9.17) is 15.9 Å². The Balaban J connectivity index is 3.28. The monoisotopic (exact) mass is 356 g/mol. The van der Waals surface area contributed by atoms with Gasteiger partial charge in [-0.05, 0) is 28.1 Å². The van der Waals surface area contributed by atoms with E-state index in [1.54, 1.807) is 0 Å². The molecule has 0 fully saturated rings. The molecule has 1 rings (SSSR count). The quantitative estimate of drug-likeness (QED) is 0.629. The number of benzene rings is 1. The number of nitrogens with two attached hydrogens (primary N) is 1. The van der Waals surface area contributed by atoms with Gasteiger partial charge in [-0.2, -0.15) is 4.31 Å². The van der Waals surface area contributed by atoms with Crippen LogP contribution in [0, 0.1) is 5.82 Å². The Labute approximate surface area is 118 Å². The molecule has 0 aromatic heterocycles. The fraction of sp³-hybridized carbons (Fsp3) is 0.400. The number of rotatable bonds is 6. The molecule has 6 nitrogen and oxygen atoms in total. The van der Waals surface area contributed by atoms with Crippen LogP contribution in [0.15, 0.2) is 21.5 Å². The Morgan fingerprint density at radius 2 is 1.79 bits per heavy atom. The van der Waals surface area contributed by atoms with Crippen LogP contribution in [0.1, 0.15) is 0 Å². The van der Waals surface area contributed by atoms with Crippen LogP contribution in [-0.2, 0) is 10.0 Å². The normalized spacial score (nSPS) is 12.1. The Kier molecular flexibility index (Phi) is 5.68. The van der Waals surface area contributed by atoms with Gasteiger partial charge in [0.05, 0.1) is 13.2 Å². The first-order valence-corrected chi connectivity index (χ1v) is 7.54. The number of halogens is 2. The van der Waals surface area contributed by atoms with E-state index < -0.39 is 33.9 Å². The number of aliphatic hydroxyl groups excluding tert-OH is 2. The molecule has 0 amide bonds. The molecule has 0 aliphatic rings. The molecular weight excluding hydrogens is 343 g/mol. The highest BCUT2D eigenvalue weighted by Gasteiger charge is 2.27. The van der Waals surface area contributed by atoms with Crippen LogP contribution >= 0.6 is 15.9 Å². The minimum Gasteiger partial charge on any atom is -0.398 e. The second-order valence-corrected chi connectivity index (χ2v) is 6.42. The molecule has 0 atom stereocenters. The molecule has 1 aromatic rings. The molecule has 19 heavy (non-hydrogen) atoms. The van der Waals surface area contributed by atoms with Gasteiger partial charge in [-0.15, -0.1) is 0 Å². The van der Waals surface area contributed by atoms with Crippen molar-refractivity contribution in [2.45, 2.75) is 4.90 Å². The van der Waals surface area contributed by atoms with Gasteiger partial charge in [-0.3, -0.25) is 0 Å². The van der Waals surface area contributed by atoms with E-state index in [0.717, 1.165) is 16.4 Å². The summed E-state index contributed by atoms with van der Waals surface area (Å²) in [6.45, 7) is -1.35. The van der Waals surface area contributed by atoms with E-state index in [1.807, 2.05) is 0 Å². The maximum Gasteiger partial charge on any atom is 0.246 e. The first kappa shape index (κ1) is 16.3. The third-order valence-corrected chi connectivity index (χ3v) is 4.97. The van der Waals surface area contributed by atoms with Gasteiger partial charge < -0.3 is 15.9 Å². The van der Waals surface area contributed by atoms with Crippen molar-refractivity contribution in [2.24, 2.45) is 0 Å². The molecule has 0 radical (unpaired) electrons. The highest BCUT2D eigenvalue weighted by atomic mass is 79.9. The van der Waals surface area contributed by atoms with Crippen LogP contribution in [0.4, 0.5) is 10.1 Å². The summed E-state index contributed by atoms with van der Waals surface area (Å²) in [5, 5.41) is 17.7. The third kappa shape index (κ3) is 3.63. The second kappa shape index (κ2) is 6.62. The van der Waals surface area contributed by atoms with E-state index in [1.165, 1.54) is 0 Å². The number of sulfonamides is 1. The van der Waals surface area contributed by atoms with Crippen LogP contribution in [0.2, 0.25) is 0 Å². The fourth-order valence-corrected chi connectivity index (χ4v) is 3.28. The summed E-state index contributed by atoms with van der Waals surface area (Å²) in [5.74, 6) is -0.957. The Morgan fingerprint density at radius 1 is 1.26 bits per heavy atom. The molecule has 0 aliphatic heterocycles. The van der Waals surface area contributed by atoms with Crippen LogP contribution in [-0.4, -0.2) is 49.2 Å². The van der Waals surface area contributed by atoms with Gasteiger partial charge in [0.2, 0.25) is 10.0 Å². The van der Waals surface area contributed by atoms with Crippen LogP contribution in [0.5, 0.6) is 0 Å². The number of nitrogens with zero attached hydrogens (tertiary/aromatic N) is 1. The molecule has 1 aromatic carbocycles. The molecule has 0 saturated carbocycles. The van der Waals surface area contributed by atoms with E-state index in [-0.39, 0.29) is 23.2 Å². The van der Waals surface area contributed by atoms with Gasteiger partial charge in [0.15, 0.2) is 0 Å². The predicted octanol–water partition coefficient (Wildman–Crippen LogP) is 0.146. The van der Waals surface area contributed by atoms with Gasteiger partial charge in [0.25, 0.3) is 0 Å². The number of nitrogen functional groups attached to an aromatic ring is 1. The van der Waals surface area contributed by atoms with E-state index >= 15 is 0 Å². The summed E-state index contributed by atoms with van der Waals surface area (Å²) in [5.41, 5.74) is 5.62. The zero-order chi connectivity index (χ0) is 14.6. The average Bonchev–Trinajstić information content (AvgIpc) is 2.33.